The molecule has 0 atom stereocenters. The molecular formula is C16H24BrNO2. The van der Waals surface area contributed by atoms with Crippen molar-refractivity contribution in [2.45, 2.75) is 52.0 Å². The number of hydrogen-bond donors (Lipinski definition) is 1. The molecule has 1 saturated heterocycles. The van der Waals surface area contributed by atoms with Gasteiger partial charge in [-0.3, -0.25) is 0 Å². The molecule has 4 heteroatoms. The number of hydrogen-bond acceptors (Lipinski definition) is 3. The van der Waals surface area contributed by atoms with Crippen LogP contribution in [-0.2, 0) is 22.6 Å². The van der Waals surface area contributed by atoms with Gasteiger partial charge < -0.3 is 14.8 Å². The van der Waals surface area contributed by atoms with Crippen molar-refractivity contribution in [3.05, 3.63) is 33.8 Å². The Morgan fingerprint density at radius 1 is 1.35 bits per heavy atom. The smallest absolute Gasteiger partial charge is 0.0731 e. The van der Waals surface area contributed by atoms with Crippen molar-refractivity contribution in [3.8, 4) is 0 Å². The third-order valence-electron chi connectivity index (χ3n) is 3.47. The average Bonchev–Trinajstić information content (AvgIpc) is 2.45. The van der Waals surface area contributed by atoms with Gasteiger partial charge in [0.1, 0.15) is 0 Å². The Kier molecular flexibility index (Phi) is 6.49. The molecule has 0 radical (unpaired) electrons. The summed E-state index contributed by atoms with van der Waals surface area (Å²) < 4.78 is 12.4. The summed E-state index contributed by atoms with van der Waals surface area (Å²) in [7, 11) is 0. The van der Waals surface area contributed by atoms with Crippen LogP contribution in [0.3, 0.4) is 0 Å². The molecule has 0 bridgehead atoms. The topological polar surface area (TPSA) is 30.5 Å². The van der Waals surface area contributed by atoms with E-state index in [4.69, 9.17) is 9.47 Å². The second kappa shape index (κ2) is 8.13. The van der Waals surface area contributed by atoms with Gasteiger partial charge in [0.15, 0.2) is 0 Å². The van der Waals surface area contributed by atoms with E-state index in [1.165, 1.54) is 11.1 Å². The largest absolute Gasteiger partial charge is 0.381 e. The predicted molar refractivity (Wildman–Crippen MR) is 84.7 cm³/mol. The van der Waals surface area contributed by atoms with Crippen LogP contribution >= 0.6 is 15.9 Å². The van der Waals surface area contributed by atoms with Crippen molar-refractivity contribution in [1.29, 1.82) is 0 Å². The number of nitrogens with one attached hydrogen (secondary N) is 1. The minimum absolute atomic E-state index is 0.345. The first-order chi connectivity index (χ1) is 9.65. The normalized spacial score (nSPS) is 16.8. The van der Waals surface area contributed by atoms with Gasteiger partial charge in [0.2, 0.25) is 0 Å². The van der Waals surface area contributed by atoms with Crippen LogP contribution in [0.15, 0.2) is 22.7 Å². The van der Waals surface area contributed by atoms with Crippen LogP contribution < -0.4 is 5.32 Å². The first-order valence-corrected chi connectivity index (χ1v) is 8.14. The summed E-state index contributed by atoms with van der Waals surface area (Å²) in [6, 6.07) is 7.01. The first-order valence-electron chi connectivity index (χ1n) is 7.35. The number of rotatable bonds is 6. The van der Waals surface area contributed by atoms with Gasteiger partial charge in [-0.2, -0.15) is 0 Å². The van der Waals surface area contributed by atoms with Crippen molar-refractivity contribution < 1.29 is 9.47 Å². The molecule has 0 saturated carbocycles. The van der Waals surface area contributed by atoms with E-state index in [1.54, 1.807) is 0 Å². The first kappa shape index (κ1) is 16.0. The van der Waals surface area contributed by atoms with E-state index in [0.717, 1.165) is 37.1 Å². The van der Waals surface area contributed by atoms with Gasteiger partial charge in [-0.1, -0.05) is 41.9 Å². The van der Waals surface area contributed by atoms with E-state index in [0.29, 0.717) is 18.8 Å². The van der Waals surface area contributed by atoms with Gasteiger partial charge in [0.05, 0.1) is 12.7 Å². The van der Waals surface area contributed by atoms with E-state index in [-0.39, 0.29) is 0 Å². The lowest BCUT2D eigenvalue weighted by Gasteiger charge is -2.22. The molecule has 2 rings (SSSR count). The Labute approximate surface area is 130 Å². The monoisotopic (exact) mass is 341 g/mol. The maximum Gasteiger partial charge on any atom is 0.0731 e. The highest BCUT2D eigenvalue weighted by molar-refractivity contribution is 9.10. The minimum atomic E-state index is 0.345. The van der Waals surface area contributed by atoms with Crippen molar-refractivity contribution in [2.75, 3.05) is 13.2 Å². The highest BCUT2D eigenvalue weighted by atomic mass is 79.9. The van der Waals surface area contributed by atoms with Crippen LogP contribution in [0, 0.1) is 0 Å². The number of halogens is 1. The van der Waals surface area contributed by atoms with Crippen LogP contribution in [0.1, 0.15) is 37.8 Å². The van der Waals surface area contributed by atoms with Gasteiger partial charge in [-0.25, -0.2) is 0 Å². The highest BCUT2D eigenvalue weighted by Crippen LogP contribution is 2.21. The third kappa shape index (κ3) is 5.17. The van der Waals surface area contributed by atoms with Crippen molar-refractivity contribution in [1.82, 2.24) is 5.32 Å². The Morgan fingerprint density at radius 3 is 2.75 bits per heavy atom. The highest BCUT2D eigenvalue weighted by Gasteiger charge is 2.14. The molecule has 0 aliphatic carbocycles. The quantitative estimate of drug-likeness (QED) is 0.856. The van der Waals surface area contributed by atoms with Crippen molar-refractivity contribution >= 4 is 15.9 Å². The molecule has 0 unspecified atom stereocenters. The lowest BCUT2D eigenvalue weighted by atomic mass is 10.1. The molecule has 1 aromatic rings. The molecule has 1 aliphatic rings. The average molecular weight is 342 g/mol. The Morgan fingerprint density at radius 2 is 2.10 bits per heavy atom. The van der Waals surface area contributed by atoms with Gasteiger partial charge >= 0.3 is 0 Å². The number of ether oxygens (including phenoxy) is 2. The molecule has 20 heavy (non-hydrogen) atoms. The van der Waals surface area contributed by atoms with E-state index in [1.807, 2.05) is 0 Å². The van der Waals surface area contributed by atoms with Gasteiger partial charge in [0.25, 0.3) is 0 Å². The van der Waals surface area contributed by atoms with E-state index >= 15 is 0 Å². The summed E-state index contributed by atoms with van der Waals surface area (Å²) in [5.41, 5.74) is 2.50. The Balaban J connectivity index is 1.85. The van der Waals surface area contributed by atoms with Crippen molar-refractivity contribution in [3.63, 3.8) is 0 Å². The summed E-state index contributed by atoms with van der Waals surface area (Å²) in [5, 5.41) is 3.43. The summed E-state index contributed by atoms with van der Waals surface area (Å²) in [6.45, 7) is 7.54. The number of benzene rings is 1. The lowest BCUT2D eigenvalue weighted by molar-refractivity contribution is -0.0392. The van der Waals surface area contributed by atoms with E-state index < -0.39 is 0 Å². The molecule has 1 fully saturated rings. The zero-order valence-electron chi connectivity index (χ0n) is 12.3. The summed E-state index contributed by atoms with van der Waals surface area (Å²) in [6.07, 6.45) is 2.36. The second-order valence-corrected chi connectivity index (χ2v) is 6.44. The fourth-order valence-corrected chi connectivity index (χ4v) is 2.73. The fourth-order valence-electron chi connectivity index (χ4n) is 2.19. The zero-order chi connectivity index (χ0) is 14.4. The van der Waals surface area contributed by atoms with Crippen LogP contribution in [0.25, 0.3) is 0 Å². The maximum absolute atomic E-state index is 5.96. The van der Waals surface area contributed by atoms with Gasteiger partial charge in [0, 0.05) is 30.3 Å². The van der Waals surface area contributed by atoms with Crippen LogP contribution in [0.4, 0.5) is 0 Å². The molecule has 3 nitrogen and oxygen atoms in total. The molecular weight excluding hydrogens is 318 g/mol. The van der Waals surface area contributed by atoms with E-state index in [2.05, 4.69) is 53.3 Å². The molecule has 0 spiro atoms. The molecule has 1 heterocycles. The fraction of sp³-hybridized carbons (Fsp3) is 0.625. The van der Waals surface area contributed by atoms with Crippen molar-refractivity contribution in [2.24, 2.45) is 0 Å². The summed E-state index contributed by atoms with van der Waals surface area (Å²) in [4.78, 5) is 0. The summed E-state index contributed by atoms with van der Waals surface area (Å²) >= 11 is 3.65. The van der Waals surface area contributed by atoms with Crippen LogP contribution in [0.5, 0.6) is 0 Å². The van der Waals surface area contributed by atoms with Gasteiger partial charge in [-0.05, 0) is 30.0 Å². The SMILES string of the molecule is CC(C)NCc1ccc(COC2CCOCC2)c(Br)c1. The molecule has 0 aromatic heterocycles. The minimum Gasteiger partial charge on any atom is -0.381 e. The summed E-state index contributed by atoms with van der Waals surface area (Å²) in [5.74, 6) is 0. The zero-order valence-corrected chi connectivity index (χ0v) is 13.9. The Bertz CT molecular complexity index is 417. The maximum atomic E-state index is 5.96. The lowest BCUT2D eigenvalue weighted by Crippen LogP contribution is -2.23. The van der Waals surface area contributed by atoms with Crippen LogP contribution in [0.2, 0.25) is 0 Å². The standard InChI is InChI=1S/C16H24BrNO2/c1-12(2)18-10-13-3-4-14(16(17)9-13)11-20-15-5-7-19-8-6-15/h3-4,9,12,15,18H,5-8,10-11H2,1-2H3. The predicted octanol–water partition coefficient (Wildman–Crippen LogP) is 3.64. The molecule has 112 valence electrons. The third-order valence-corrected chi connectivity index (χ3v) is 4.21. The molecule has 1 aliphatic heterocycles. The molecule has 1 aromatic carbocycles. The Hall–Kier alpha value is -0.420. The second-order valence-electron chi connectivity index (χ2n) is 5.58. The van der Waals surface area contributed by atoms with Gasteiger partial charge in [-0.15, -0.1) is 0 Å². The van der Waals surface area contributed by atoms with E-state index in [9.17, 15) is 0 Å². The molecule has 0 amide bonds. The molecule has 1 N–H and O–H groups in total. The van der Waals surface area contributed by atoms with Crippen LogP contribution in [-0.4, -0.2) is 25.4 Å².